The van der Waals surface area contributed by atoms with Gasteiger partial charge >= 0.3 is 17.9 Å². The van der Waals surface area contributed by atoms with Crippen molar-refractivity contribution in [3.63, 3.8) is 0 Å². The van der Waals surface area contributed by atoms with Crippen molar-refractivity contribution in [2.24, 2.45) is 17.8 Å². The van der Waals surface area contributed by atoms with Gasteiger partial charge in [0.25, 0.3) is 0 Å². The maximum Gasteiger partial charge on any atom is 0.338 e. The molecule has 4 atom stereocenters. The first-order valence-corrected chi connectivity index (χ1v) is 22.3. The summed E-state index contributed by atoms with van der Waals surface area (Å²) in [6.07, 6.45) is 16.8. The van der Waals surface area contributed by atoms with E-state index in [2.05, 4.69) is 72.4 Å². The number of nitrogens with one attached hydrogen (secondary N) is 3. The molecule has 330 valence electrons. The Morgan fingerprint density at radius 1 is 0.574 bits per heavy atom. The third-order valence-corrected chi connectivity index (χ3v) is 11.0. The van der Waals surface area contributed by atoms with Crippen molar-refractivity contribution >= 4 is 52.9 Å². The van der Waals surface area contributed by atoms with Gasteiger partial charge in [0.05, 0.1) is 36.5 Å². The zero-order valence-corrected chi connectivity index (χ0v) is 37.0. The molecule has 0 aliphatic heterocycles. The molecule has 0 spiro atoms. The molecule has 0 bridgehead atoms. The minimum absolute atomic E-state index is 0.0756. The number of rotatable bonds is 27. The average Bonchev–Trinajstić information content (AvgIpc) is 3.27. The number of aromatic nitrogens is 3. The van der Waals surface area contributed by atoms with E-state index < -0.39 is 12.0 Å². The molecule has 0 fully saturated rings. The number of hydrogen-bond acceptors (Lipinski definition) is 13. The quantitative estimate of drug-likeness (QED) is 0.0490. The fourth-order valence-corrected chi connectivity index (χ4v) is 6.69. The Hall–Kier alpha value is -5.59. The van der Waals surface area contributed by atoms with E-state index >= 15 is 0 Å². The summed E-state index contributed by atoms with van der Waals surface area (Å²) < 4.78 is 16.8. The fraction of sp³-hybridized carbons (Fsp3) is 0.521. The van der Waals surface area contributed by atoms with Crippen molar-refractivity contribution in [3.8, 4) is 0 Å². The largest absolute Gasteiger partial charge is 0.462 e. The number of carbonyl (C=O) groups is 4. The normalized spacial score (nSPS) is 15.0. The predicted molar refractivity (Wildman–Crippen MR) is 240 cm³/mol. The van der Waals surface area contributed by atoms with Gasteiger partial charge < -0.3 is 30.2 Å². The molecule has 3 aromatic rings. The van der Waals surface area contributed by atoms with E-state index in [-0.39, 0.29) is 47.1 Å². The number of carbonyl (C=O) groups excluding carboxylic acids is 4. The molecule has 0 amide bonds. The lowest BCUT2D eigenvalue weighted by molar-refractivity contribution is -0.140. The third kappa shape index (κ3) is 16.1. The maximum atomic E-state index is 13.3. The first-order chi connectivity index (χ1) is 29.6. The van der Waals surface area contributed by atoms with Gasteiger partial charge in [-0.15, -0.1) is 0 Å². The fourth-order valence-electron chi connectivity index (χ4n) is 6.69. The number of unbranched alkanes of at least 4 members (excludes halogenated alkanes) is 3. The van der Waals surface area contributed by atoms with Crippen LogP contribution in [0.2, 0.25) is 0 Å². The van der Waals surface area contributed by atoms with Gasteiger partial charge in [-0.1, -0.05) is 105 Å². The van der Waals surface area contributed by atoms with E-state index in [1.165, 1.54) is 6.08 Å². The summed E-state index contributed by atoms with van der Waals surface area (Å²) >= 11 is 0. The highest BCUT2D eigenvalue weighted by atomic mass is 16.5. The Morgan fingerprint density at radius 2 is 0.967 bits per heavy atom. The summed E-state index contributed by atoms with van der Waals surface area (Å²) in [4.78, 5) is 65.5. The van der Waals surface area contributed by atoms with Gasteiger partial charge in [0.1, 0.15) is 6.04 Å². The second-order valence-corrected chi connectivity index (χ2v) is 15.7. The van der Waals surface area contributed by atoms with Gasteiger partial charge in [-0.25, -0.2) is 14.4 Å². The van der Waals surface area contributed by atoms with E-state index in [0.29, 0.717) is 54.2 Å². The number of esters is 3. The van der Waals surface area contributed by atoms with Crippen molar-refractivity contribution in [3.05, 3.63) is 83.5 Å². The van der Waals surface area contributed by atoms with E-state index in [1.807, 2.05) is 0 Å². The third-order valence-electron chi connectivity index (χ3n) is 11.0. The van der Waals surface area contributed by atoms with Crippen LogP contribution in [0, 0.1) is 17.8 Å². The molecule has 1 aromatic heterocycles. The smallest absolute Gasteiger partial charge is 0.338 e. The maximum absolute atomic E-state index is 13.3. The first-order valence-electron chi connectivity index (χ1n) is 22.3. The van der Waals surface area contributed by atoms with Crippen LogP contribution in [0.25, 0.3) is 0 Å². The Bertz CT molecular complexity index is 1820. The van der Waals surface area contributed by atoms with E-state index in [0.717, 1.165) is 77.0 Å². The molecule has 13 nitrogen and oxygen atoms in total. The van der Waals surface area contributed by atoms with Crippen LogP contribution in [0.5, 0.6) is 0 Å². The Morgan fingerprint density at radius 3 is 1.34 bits per heavy atom. The van der Waals surface area contributed by atoms with E-state index in [9.17, 15) is 19.2 Å². The molecule has 1 aliphatic carbocycles. The standard InChI is InChI=1S/C48H66N6O7/c1-7-13-16-33(10-4)30-59-43(56)36-19-24-39(25-20-36)49-46-52-47(50-40-26-21-37(22-27-40)44(57)60-31-34(11-5)17-14-8-2)54-48(53-46)51-41-28-23-38(29-42(41)55)45(58)61-32-35(12-6)18-15-9-3/h19-29,33-35,41H,7-18,30-32H2,1-6H3,(H3,49,50,51,52,53,54). The SMILES string of the molecule is CCCCC(CC)COC(=O)C1=CC(=O)C(Nc2nc(Nc3ccc(C(=O)OCC(CC)CCCC)cc3)nc(Nc3ccc(C(=O)OCC(CC)CCCC)cc3)n2)C=C1. The second-order valence-electron chi connectivity index (χ2n) is 15.7. The minimum atomic E-state index is -0.869. The molecule has 13 heteroatoms. The van der Waals surface area contributed by atoms with Gasteiger partial charge in [0, 0.05) is 11.4 Å². The van der Waals surface area contributed by atoms with Crippen molar-refractivity contribution in [2.75, 3.05) is 35.8 Å². The summed E-state index contributed by atoms with van der Waals surface area (Å²) in [5, 5.41) is 9.38. The molecule has 4 unspecified atom stereocenters. The van der Waals surface area contributed by atoms with Crippen LogP contribution in [-0.2, 0) is 23.8 Å². The zero-order valence-electron chi connectivity index (χ0n) is 37.0. The van der Waals surface area contributed by atoms with Crippen molar-refractivity contribution in [1.29, 1.82) is 0 Å². The summed E-state index contributed by atoms with van der Waals surface area (Å²) in [6, 6.07) is 12.7. The van der Waals surface area contributed by atoms with Crippen LogP contribution in [-0.4, -0.2) is 64.5 Å². The number of nitrogens with zero attached hydrogens (tertiary/aromatic N) is 3. The van der Waals surface area contributed by atoms with Gasteiger partial charge in [0.2, 0.25) is 17.8 Å². The molecule has 61 heavy (non-hydrogen) atoms. The average molecular weight is 839 g/mol. The van der Waals surface area contributed by atoms with Gasteiger partial charge in [-0.2, -0.15) is 15.0 Å². The number of hydrogen-bond donors (Lipinski definition) is 3. The van der Waals surface area contributed by atoms with Gasteiger partial charge in [0.15, 0.2) is 5.78 Å². The summed E-state index contributed by atoms with van der Waals surface area (Å²) in [5.41, 5.74) is 2.21. The molecule has 3 N–H and O–H groups in total. The lowest BCUT2D eigenvalue weighted by Gasteiger charge is -2.18. The Kier molecular flexibility index (Phi) is 20.4. The monoisotopic (exact) mass is 838 g/mol. The highest BCUT2D eigenvalue weighted by Crippen LogP contribution is 2.23. The molecule has 2 aromatic carbocycles. The van der Waals surface area contributed by atoms with Crippen LogP contribution in [0.15, 0.2) is 72.3 Å². The van der Waals surface area contributed by atoms with Crippen LogP contribution in [0.4, 0.5) is 29.2 Å². The molecule has 4 rings (SSSR count). The zero-order chi connectivity index (χ0) is 44.0. The molecule has 0 radical (unpaired) electrons. The number of anilines is 5. The van der Waals surface area contributed by atoms with Gasteiger partial charge in [-0.3, -0.25) is 4.79 Å². The summed E-state index contributed by atoms with van der Waals surface area (Å²) in [7, 11) is 0. The van der Waals surface area contributed by atoms with Crippen LogP contribution in [0.3, 0.4) is 0 Å². The van der Waals surface area contributed by atoms with Crippen LogP contribution >= 0.6 is 0 Å². The van der Waals surface area contributed by atoms with E-state index in [4.69, 9.17) is 14.2 Å². The Balaban J connectivity index is 1.49. The lowest BCUT2D eigenvalue weighted by atomic mass is 10.00. The highest BCUT2D eigenvalue weighted by molar-refractivity contribution is 6.07. The molecular weight excluding hydrogens is 773 g/mol. The van der Waals surface area contributed by atoms with Crippen LogP contribution in [0.1, 0.15) is 139 Å². The summed E-state index contributed by atoms with van der Waals surface area (Å²) in [5.74, 6) is -0.368. The number of ether oxygens (including phenoxy) is 3. The van der Waals surface area contributed by atoms with Gasteiger partial charge in [-0.05, 0) is 97.7 Å². The molecular formula is C48H66N6O7. The molecule has 0 saturated carbocycles. The number of ketones is 1. The minimum Gasteiger partial charge on any atom is -0.462 e. The first kappa shape index (κ1) is 48.1. The highest BCUT2D eigenvalue weighted by Gasteiger charge is 2.24. The van der Waals surface area contributed by atoms with Crippen molar-refractivity contribution < 1.29 is 33.4 Å². The molecule has 1 heterocycles. The molecule has 1 aliphatic rings. The summed E-state index contributed by atoms with van der Waals surface area (Å²) in [6.45, 7) is 13.8. The molecule has 0 saturated heterocycles. The number of benzene rings is 2. The topological polar surface area (TPSA) is 171 Å². The second kappa shape index (κ2) is 25.9. The predicted octanol–water partition coefficient (Wildman–Crippen LogP) is 10.7. The van der Waals surface area contributed by atoms with E-state index in [1.54, 1.807) is 60.7 Å². The lowest BCUT2D eigenvalue weighted by Crippen LogP contribution is -2.30. The van der Waals surface area contributed by atoms with Crippen molar-refractivity contribution in [1.82, 2.24) is 15.0 Å². The van der Waals surface area contributed by atoms with Crippen molar-refractivity contribution in [2.45, 2.75) is 125 Å². The Labute approximate surface area is 361 Å². The van der Waals surface area contributed by atoms with Crippen LogP contribution < -0.4 is 16.0 Å².